The van der Waals surface area contributed by atoms with Gasteiger partial charge in [-0.15, -0.1) is 0 Å². The molecule has 2 atom stereocenters. The molecule has 0 aliphatic carbocycles. The van der Waals surface area contributed by atoms with Crippen LogP contribution in [0.15, 0.2) is 41.3 Å². The Balaban J connectivity index is 1.46. The monoisotopic (exact) mass is 415 g/mol. The number of fused-ring (bicyclic) bond motifs is 2. The molecule has 0 saturated carbocycles. The summed E-state index contributed by atoms with van der Waals surface area (Å²) >= 11 is 0. The lowest BCUT2D eigenvalue weighted by atomic mass is 9.91. The summed E-state index contributed by atoms with van der Waals surface area (Å²) in [6.07, 6.45) is 2.03. The number of halogens is 1. The van der Waals surface area contributed by atoms with Crippen molar-refractivity contribution in [3.05, 3.63) is 58.9 Å². The van der Waals surface area contributed by atoms with Crippen molar-refractivity contribution < 1.29 is 12.8 Å². The minimum absolute atomic E-state index is 0.101. The standard InChI is InChI=1S/C22H26FN3O2S/c1-14-19-10-16(20-12-25-21-11-17(23)3-4-18(20)21)2-5-22(19)29(27,28)26(14)13-15-6-8-24-9-7-15/h2-5,10-11,14-15,20,24-25H,6-9,12-13H2,1H3. The van der Waals surface area contributed by atoms with Crippen LogP contribution in [0.1, 0.15) is 48.4 Å². The number of hydrogen-bond donors (Lipinski definition) is 2. The molecule has 0 bridgehead atoms. The quantitative estimate of drug-likeness (QED) is 0.806. The van der Waals surface area contributed by atoms with Gasteiger partial charge < -0.3 is 10.6 Å². The first-order valence-electron chi connectivity index (χ1n) is 10.3. The van der Waals surface area contributed by atoms with Crippen LogP contribution in [0.2, 0.25) is 0 Å². The van der Waals surface area contributed by atoms with Crippen LogP contribution in [-0.4, -0.2) is 38.9 Å². The summed E-state index contributed by atoms with van der Waals surface area (Å²) in [5, 5.41) is 6.61. The lowest BCUT2D eigenvalue weighted by molar-refractivity contribution is 0.262. The van der Waals surface area contributed by atoms with Crippen LogP contribution in [-0.2, 0) is 10.0 Å². The van der Waals surface area contributed by atoms with Crippen molar-refractivity contribution in [2.24, 2.45) is 5.92 Å². The molecule has 3 aliphatic heterocycles. The van der Waals surface area contributed by atoms with Gasteiger partial charge >= 0.3 is 0 Å². The summed E-state index contributed by atoms with van der Waals surface area (Å²) in [7, 11) is -3.45. The second kappa shape index (κ2) is 7.07. The molecule has 7 heteroatoms. The average molecular weight is 416 g/mol. The van der Waals surface area contributed by atoms with Crippen LogP contribution in [0, 0.1) is 11.7 Å². The van der Waals surface area contributed by atoms with Gasteiger partial charge in [0.05, 0.1) is 4.90 Å². The molecule has 3 heterocycles. The normalized spacial score (nSPS) is 26.1. The summed E-state index contributed by atoms with van der Waals surface area (Å²) < 4.78 is 41.6. The average Bonchev–Trinajstić information content (AvgIpc) is 3.21. The molecule has 1 saturated heterocycles. The van der Waals surface area contributed by atoms with E-state index in [2.05, 4.69) is 10.6 Å². The van der Waals surface area contributed by atoms with Crippen molar-refractivity contribution >= 4 is 15.7 Å². The number of nitrogens with zero attached hydrogens (tertiary/aromatic N) is 1. The Morgan fingerprint density at radius 3 is 2.69 bits per heavy atom. The van der Waals surface area contributed by atoms with Crippen LogP contribution in [0.3, 0.4) is 0 Å². The van der Waals surface area contributed by atoms with E-state index in [0.29, 0.717) is 23.9 Å². The zero-order valence-electron chi connectivity index (χ0n) is 16.5. The Labute approximate surface area is 171 Å². The van der Waals surface area contributed by atoms with E-state index in [1.165, 1.54) is 12.1 Å². The van der Waals surface area contributed by atoms with Crippen LogP contribution in [0.5, 0.6) is 0 Å². The Kier molecular flexibility index (Phi) is 4.64. The molecule has 5 nitrogen and oxygen atoms in total. The maximum absolute atomic E-state index is 13.5. The molecule has 2 N–H and O–H groups in total. The molecule has 154 valence electrons. The fourth-order valence-electron chi connectivity index (χ4n) is 5.01. The second-order valence-electron chi connectivity index (χ2n) is 8.41. The summed E-state index contributed by atoms with van der Waals surface area (Å²) in [6, 6.07) is 10.4. The number of nitrogens with one attached hydrogen (secondary N) is 2. The van der Waals surface area contributed by atoms with Crippen molar-refractivity contribution in [1.82, 2.24) is 9.62 Å². The van der Waals surface area contributed by atoms with Gasteiger partial charge in [0.15, 0.2) is 0 Å². The Bertz CT molecular complexity index is 1050. The predicted molar refractivity (Wildman–Crippen MR) is 111 cm³/mol. The molecule has 29 heavy (non-hydrogen) atoms. The highest BCUT2D eigenvalue weighted by Gasteiger charge is 2.41. The Morgan fingerprint density at radius 2 is 1.90 bits per heavy atom. The summed E-state index contributed by atoms with van der Waals surface area (Å²) in [6.45, 7) is 5.18. The van der Waals surface area contributed by atoms with Crippen LogP contribution >= 0.6 is 0 Å². The molecule has 5 rings (SSSR count). The lowest BCUT2D eigenvalue weighted by Gasteiger charge is -2.28. The van der Waals surface area contributed by atoms with Gasteiger partial charge in [0.1, 0.15) is 5.82 Å². The van der Waals surface area contributed by atoms with E-state index in [1.807, 2.05) is 25.1 Å². The third-order valence-electron chi connectivity index (χ3n) is 6.69. The summed E-state index contributed by atoms with van der Waals surface area (Å²) in [5.74, 6) is 0.256. The molecular formula is C22H26FN3O2S. The first-order valence-corrected chi connectivity index (χ1v) is 11.8. The SMILES string of the molecule is CC1c2cc(C3CNc4cc(F)ccc43)ccc2S(=O)(=O)N1CC1CCNCC1. The fraction of sp³-hybridized carbons (Fsp3) is 0.455. The van der Waals surface area contributed by atoms with Gasteiger partial charge in [0, 0.05) is 30.7 Å². The highest BCUT2D eigenvalue weighted by molar-refractivity contribution is 7.89. The molecule has 1 fully saturated rings. The van der Waals surface area contributed by atoms with E-state index >= 15 is 0 Å². The smallest absolute Gasteiger partial charge is 0.243 e. The molecule has 0 spiro atoms. The van der Waals surface area contributed by atoms with E-state index in [1.54, 1.807) is 10.4 Å². The third kappa shape index (κ3) is 3.16. The molecule has 2 aromatic carbocycles. The van der Waals surface area contributed by atoms with Gasteiger partial charge in [0.25, 0.3) is 0 Å². The van der Waals surface area contributed by atoms with E-state index in [0.717, 1.165) is 48.3 Å². The number of sulfonamides is 1. The largest absolute Gasteiger partial charge is 0.384 e. The van der Waals surface area contributed by atoms with Gasteiger partial charge in [-0.25, -0.2) is 12.8 Å². The fourth-order valence-corrected chi connectivity index (χ4v) is 6.97. The topological polar surface area (TPSA) is 61.4 Å². The Morgan fingerprint density at radius 1 is 1.10 bits per heavy atom. The van der Waals surface area contributed by atoms with Crippen LogP contribution in [0.25, 0.3) is 0 Å². The van der Waals surface area contributed by atoms with E-state index in [-0.39, 0.29) is 17.8 Å². The number of hydrogen-bond acceptors (Lipinski definition) is 4. The third-order valence-corrected chi connectivity index (χ3v) is 8.70. The molecule has 3 aliphatic rings. The van der Waals surface area contributed by atoms with Gasteiger partial charge in [0.2, 0.25) is 10.0 Å². The highest BCUT2D eigenvalue weighted by atomic mass is 32.2. The summed E-state index contributed by atoms with van der Waals surface area (Å²) in [5.41, 5.74) is 3.84. The molecule has 0 amide bonds. The number of rotatable bonds is 3. The lowest BCUT2D eigenvalue weighted by Crippen LogP contribution is -2.37. The zero-order chi connectivity index (χ0) is 20.2. The molecule has 2 aromatic rings. The second-order valence-corrected chi connectivity index (χ2v) is 10.3. The van der Waals surface area contributed by atoms with Gasteiger partial charge in [-0.2, -0.15) is 4.31 Å². The molecular weight excluding hydrogens is 389 g/mol. The molecule has 2 unspecified atom stereocenters. The van der Waals surface area contributed by atoms with Gasteiger partial charge in [-0.1, -0.05) is 18.2 Å². The maximum atomic E-state index is 13.5. The van der Waals surface area contributed by atoms with E-state index < -0.39 is 10.0 Å². The van der Waals surface area contributed by atoms with Gasteiger partial charge in [-0.05, 0) is 73.7 Å². The Hall–Kier alpha value is -1.96. The van der Waals surface area contributed by atoms with Crippen molar-refractivity contribution in [3.63, 3.8) is 0 Å². The first-order chi connectivity index (χ1) is 13.9. The van der Waals surface area contributed by atoms with Crippen molar-refractivity contribution in [1.29, 1.82) is 0 Å². The summed E-state index contributed by atoms with van der Waals surface area (Å²) in [4.78, 5) is 0.438. The minimum Gasteiger partial charge on any atom is -0.384 e. The van der Waals surface area contributed by atoms with E-state index in [9.17, 15) is 12.8 Å². The number of piperidine rings is 1. The van der Waals surface area contributed by atoms with Crippen molar-refractivity contribution in [2.45, 2.75) is 36.6 Å². The maximum Gasteiger partial charge on any atom is 0.243 e. The number of benzene rings is 2. The van der Waals surface area contributed by atoms with Crippen LogP contribution in [0.4, 0.5) is 10.1 Å². The van der Waals surface area contributed by atoms with Crippen LogP contribution < -0.4 is 10.6 Å². The van der Waals surface area contributed by atoms with Crippen molar-refractivity contribution in [3.8, 4) is 0 Å². The zero-order valence-corrected chi connectivity index (χ0v) is 17.3. The van der Waals surface area contributed by atoms with Gasteiger partial charge in [-0.3, -0.25) is 0 Å². The predicted octanol–water partition coefficient (Wildman–Crippen LogP) is 3.45. The number of anilines is 1. The molecule has 0 aromatic heterocycles. The van der Waals surface area contributed by atoms with Crippen molar-refractivity contribution in [2.75, 3.05) is 31.5 Å². The molecule has 0 radical (unpaired) electrons. The minimum atomic E-state index is -3.45. The first kappa shape index (κ1) is 19.0. The highest BCUT2D eigenvalue weighted by Crippen LogP contribution is 2.43. The van der Waals surface area contributed by atoms with E-state index in [4.69, 9.17) is 0 Å².